The summed E-state index contributed by atoms with van der Waals surface area (Å²) in [5.41, 5.74) is 0.375. The van der Waals surface area contributed by atoms with Gasteiger partial charge in [0, 0.05) is 11.1 Å². The van der Waals surface area contributed by atoms with Crippen LogP contribution in [0.1, 0.15) is 0 Å². The van der Waals surface area contributed by atoms with Crippen LogP contribution in [-0.4, -0.2) is 12.5 Å². The van der Waals surface area contributed by atoms with Crippen molar-refractivity contribution in [1.29, 1.82) is 0 Å². The highest BCUT2D eigenvalue weighted by Gasteiger charge is 2.08. The Labute approximate surface area is 129 Å². The molecule has 2 aromatic carbocycles. The van der Waals surface area contributed by atoms with Gasteiger partial charge in [0.05, 0.1) is 10.7 Å². The highest BCUT2D eigenvalue weighted by molar-refractivity contribution is 6.36. The Bertz CT molecular complexity index is 680. The number of benzene rings is 2. The van der Waals surface area contributed by atoms with Crippen molar-refractivity contribution >= 4 is 34.8 Å². The fourth-order valence-electron chi connectivity index (χ4n) is 1.49. The van der Waals surface area contributed by atoms with E-state index < -0.39 is 17.5 Å². The second-order valence-electron chi connectivity index (χ2n) is 4.04. The molecule has 0 aliphatic carbocycles. The minimum absolute atomic E-state index is 0.0475. The van der Waals surface area contributed by atoms with Gasteiger partial charge in [0.2, 0.25) is 0 Å². The summed E-state index contributed by atoms with van der Waals surface area (Å²) in [4.78, 5) is 11.7. The monoisotopic (exact) mass is 331 g/mol. The van der Waals surface area contributed by atoms with Gasteiger partial charge >= 0.3 is 0 Å². The van der Waals surface area contributed by atoms with Gasteiger partial charge in [-0.05, 0) is 30.3 Å². The van der Waals surface area contributed by atoms with Gasteiger partial charge in [-0.1, -0.05) is 23.2 Å². The fourth-order valence-corrected chi connectivity index (χ4v) is 1.95. The zero-order valence-corrected chi connectivity index (χ0v) is 12.0. The Morgan fingerprint density at radius 3 is 2.52 bits per heavy atom. The van der Waals surface area contributed by atoms with Crippen molar-refractivity contribution in [2.24, 2.45) is 0 Å². The van der Waals surface area contributed by atoms with E-state index >= 15 is 0 Å². The van der Waals surface area contributed by atoms with Crippen molar-refractivity contribution in [2.45, 2.75) is 0 Å². The molecule has 21 heavy (non-hydrogen) atoms. The number of hydrogen-bond donors (Lipinski definition) is 1. The van der Waals surface area contributed by atoms with Crippen LogP contribution in [0.25, 0.3) is 0 Å². The third-order valence-electron chi connectivity index (χ3n) is 2.47. The molecule has 0 unspecified atom stereocenters. The molecule has 0 aromatic heterocycles. The van der Waals surface area contributed by atoms with E-state index in [4.69, 9.17) is 27.9 Å². The summed E-state index contributed by atoms with van der Waals surface area (Å²) in [5, 5.41) is 3.23. The molecule has 0 atom stereocenters. The molecule has 7 heteroatoms. The summed E-state index contributed by atoms with van der Waals surface area (Å²) < 4.78 is 30.7. The van der Waals surface area contributed by atoms with Gasteiger partial charge in [-0.25, -0.2) is 8.78 Å². The average molecular weight is 332 g/mol. The van der Waals surface area contributed by atoms with Crippen LogP contribution < -0.4 is 10.1 Å². The molecule has 3 nitrogen and oxygen atoms in total. The molecule has 2 rings (SSSR count). The van der Waals surface area contributed by atoms with E-state index in [2.05, 4.69) is 5.32 Å². The van der Waals surface area contributed by atoms with Gasteiger partial charge in [-0.2, -0.15) is 0 Å². The largest absolute Gasteiger partial charge is 0.484 e. The van der Waals surface area contributed by atoms with Gasteiger partial charge < -0.3 is 10.1 Å². The number of hydrogen-bond acceptors (Lipinski definition) is 2. The summed E-state index contributed by atoms with van der Waals surface area (Å²) in [5.74, 6) is -2.48. The van der Waals surface area contributed by atoms with Crippen molar-refractivity contribution in [3.63, 3.8) is 0 Å². The minimum atomic E-state index is -1.05. The normalized spacial score (nSPS) is 10.3. The van der Waals surface area contributed by atoms with E-state index in [0.717, 1.165) is 12.1 Å². The Hall–Kier alpha value is -1.85. The predicted molar refractivity (Wildman–Crippen MR) is 76.9 cm³/mol. The molecule has 0 aliphatic rings. The number of anilines is 1. The van der Waals surface area contributed by atoms with Crippen molar-refractivity contribution in [3.05, 3.63) is 58.1 Å². The van der Waals surface area contributed by atoms with Gasteiger partial charge in [0.25, 0.3) is 5.91 Å². The maximum Gasteiger partial charge on any atom is 0.262 e. The summed E-state index contributed by atoms with van der Waals surface area (Å²) in [6.45, 7) is -0.371. The molecular weight excluding hydrogens is 323 g/mol. The topological polar surface area (TPSA) is 38.3 Å². The number of carbonyl (C=O) groups excluding carboxylic acids is 1. The van der Waals surface area contributed by atoms with Crippen molar-refractivity contribution in [2.75, 3.05) is 11.9 Å². The van der Waals surface area contributed by atoms with Gasteiger partial charge in [-0.3, -0.25) is 4.79 Å². The summed E-state index contributed by atoms with van der Waals surface area (Å²) in [7, 11) is 0. The van der Waals surface area contributed by atoms with E-state index in [1.165, 1.54) is 12.1 Å². The average Bonchev–Trinajstić information content (AvgIpc) is 2.43. The van der Waals surface area contributed by atoms with Gasteiger partial charge in [0.15, 0.2) is 18.2 Å². The summed E-state index contributed by atoms with van der Waals surface area (Å²) in [6, 6.07) is 7.59. The molecule has 0 fully saturated rings. The first kappa shape index (κ1) is 15.5. The maximum atomic E-state index is 13.0. The number of amides is 1. The molecule has 0 radical (unpaired) electrons. The summed E-state index contributed by atoms with van der Waals surface area (Å²) >= 11 is 11.6. The predicted octanol–water partition coefficient (Wildman–Crippen LogP) is 4.29. The Morgan fingerprint density at radius 2 is 1.86 bits per heavy atom. The van der Waals surface area contributed by atoms with E-state index in [1.54, 1.807) is 12.1 Å². The van der Waals surface area contributed by atoms with Crippen LogP contribution in [0, 0.1) is 11.6 Å². The molecule has 1 amide bonds. The molecule has 0 saturated carbocycles. The number of ether oxygens (including phenoxy) is 1. The van der Waals surface area contributed by atoms with E-state index in [9.17, 15) is 13.6 Å². The van der Waals surface area contributed by atoms with Gasteiger partial charge in [0.1, 0.15) is 5.75 Å². The van der Waals surface area contributed by atoms with Crippen molar-refractivity contribution in [1.82, 2.24) is 0 Å². The Balaban J connectivity index is 1.94. The standard InChI is InChI=1S/C14H9Cl2F2NO2/c15-8-1-4-13(10(16)5-8)19-14(20)7-21-9-2-3-11(17)12(18)6-9/h1-6H,7H2,(H,19,20). The zero-order valence-electron chi connectivity index (χ0n) is 10.5. The Kier molecular flexibility index (Phi) is 4.98. The number of rotatable bonds is 4. The molecule has 2 aromatic rings. The van der Waals surface area contributed by atoms with Crippen LogP contribution in [0.15, 0.2) is 36.4 Å². The lowest BCUT2D eigenvalue weighted by molar-refractivity contribution is -0.118. The lowest BCUT2D eigenvalue weighted by Gasteiger charge is -2.09. The molecular formula is C14H9Cl2F2NO2. The van der Waals surface area contributed by atoms with E-state index in [0.29, 0.717) is 10.7 Å². The van der Waals surface area contributed by atoms with Crippen molar-refractivity contribution < 1.29 is 18.3 Å². The first-order valence-corrected chi connectivity index (χ1v) is 6.54. The molecule has 0 heterocycles. The second-order valence-corrected chi connectivity index (χ2v) is 4.88. The minimum Gasteiger partial charge on any atom is -0.484 e. The van der Waals surface area contributed by atoms with Crippen LogP contribution in [0.3, 0.4) is 0 Å². The number of nitrogens with one attached hydrogen (secondary N) is 1. The maximum absolute atomic E-state index is 13.0. The van der Waals surface area contributed by atoms with E-state index in [1.807, 2.05) is 0 Å². The van der Waals surface area contributed by atoms with Crippen LogP contribution in [-0.2, 0) is 4.79 Å². The quantitative estimate of drug-likeness (QED) is 0.907. The van der Waals surface area contributed by atoms with Crippen LogP contribution in [0.2, 0.25) is 10.0 Å². The first-order valence-electron chi connectivity index (χ1n) is 5.78. The molecule has 0 saturated heterocycles. The highest BCUT2D eigenvalue weighted by Crippen LogP contribution is 2.25. The molecule has 0 bridgehead atoms. The molecule has 1 N–H and O–H groups in total. The van der Waals surface area contributed by atoms with Crippen LogP contribution >= 0.6 is 23.2 Å². The van der Waals surface area contributed by atoms with E-state index in [-0.39, 0.29) is 17.4 Å². The fraction of sp³-hybridized carbons (Fsp3) is 0.0714. The Morgan fingerprint density at radius 1 is 1.10 bits per heavy atom. The molecule has 110 valence electrons. The van der Waals surface area contributed by atoms with Crippen LogP contribution in [0.4, 0.5) is 14.5 Å². The number of carbonyl (C=O) groups is 1. The molecule has 0 aliphatic heterocycles. The van der Waals surface area contributed by atoms with Crippen LogP contribution in [0.5, 0.6) is 5.75 Å². The smallest absolute Gasteiger partial charge is 0.262 e. The third-order valence-corrected chi connectivity index (χ3v) is 3.01. The zero-order chi connectivity index (χ0) is 15.4. The number of halogens is 4. The van der Waals surface area contributed by atoms with Gasteiger partial charge in [-0.15, -0.1) is 0 Å². The second kappa shape index (κ2) is 6.74. The lowest BCUT2D eigenvalue weighted by Crippen LogP contribution is -2.20. The summed E-state index contributed by atoms with van der Waals surface area (Å²) in [6.07, 6.45) is 0. The SMILES string of the molecule is O=C(COc1ccc(F)c(F)c1)Nc1ccc(Cl)cc1Cl. The first-order chi connectivity index (χ1) is 9.95. The highest BCUT2D eigenvalue weighted by atomic mass is 35.5. The third kappa shape index (κ3) is 4.31. The van der Waals surface area contributed by atoms with Crippen molar-refractivity contribution in [3.8, 4) is 5.75 Å². The molecule has 0 spiro atoms. The lowest BCUT2D eigenvalue weighted by atomic mass is 10.3.